The van der Waals surface area contributed by atoms with Crippen LogP contribution >= 0.6 is 0 Å². The lowest BCUT2D eigenvalue weighted by Crippen LogP contribution is -2.29. The van der Waals surface area contributed by atoms with Crippen LogP contribution in [0.15, 0.2) is 24.3 Å². The van der Waals surface area contributed by atoms with E-state index in [1.54, 1.807) is 30.3 Å². The minimum Gasteiger partial charge on any atom is -0.350 e. The zero-order chi connectivity index (χ0) is 13.5. The molecule has 0 atom stereocenters. The summed E-state index contributed by atoms with van der Waals surface area (Å²) in [7, 11) is 0. The summed E-state index contributed by atoms with van der Waals surface area (Å²) in [6.45, 7) is 3.77. The van der Waals surface area contributed by atoms with E-state index in [-0.39, 0.29) is 24.3 Å². The number of nitriles is 1. The number of benzene rings is 1. The Morgan fingerprint density at radius 3 is 2.39 bits per heavy atom. The first kappa shape index (κ1) is 13.7. The third kappa shape index (κ3) is 4.26. The van der Waals surface area contributed by atoms with Crippen molar-refractivity contribution in [1.29, 1.82) is 5.26 Å². The normalized spacial score (nSPS) is 9.67. The van der Waals surface area contributed by atoms with Gasteiger partial charge in [-0.15, -0.1) is 0 Å². The summed E-state index contributed by atoms with van der Waals surface area (Å²) in [5.74, 6) is -0.517. The minimum atomic E-state index is -0.364. The average Bonchev–Trinajstić information content (AvgIpc) is 2.29. The van der Waals surface area contributed by atoms with Crippen LogP contribution in [0.25, 0.3) is 0 Å². The van der Waals surface area contributed by atoms with Crippen LogP contribution < -0.4 is 10.6 Å². The van der Waals surface area contributed by atoms with Gasteiger partial charge in [-0.25, -0.2) is 0 Å². The number of anilines is 1. The van der Waals surface area contributed by atoms with Crippen LogP contribution in [-0.4, -0.2) is 17.9 Å². The highest BCUT2D eigenvalue weighted by Crippen LogP contribution is 2.10. The molecule has 5 nitrogen and oxygen atoms in total. The fourth-order valence-corrected chi connectivity index (χ4v) is 1.33. The molecule has 5 heteroatoms. The maximum Gasteiger partial charge on any atom is 0.251 e. The number of nitrogens with one attached hydrogen (secondary N) is 2. The third-order valence-electron chi connectivity index (χ3n) is 2.09. The molecule has 2 N–H and O–H groups in total. The van der Waals surface area contributed by atoms with Gasteiger partial charge in [-0.1, -0.05) is 0 Å². The largest absolute Gasteiger partial charge is 0.350 e. The van der Waals surface area contributed by atoms with Crippen LogP contribution in [0.1, 0.15) is 30.6 Å². The van der Waals surface area contributed by atoms with Gasteiger partial charge in [0.15, 0.2) is 0 Å². The molecule has 0 aliphatic carbocycles. The number of carbonyl (C=O) groups is 2. The predicted molar refractivity (Wildman–Crippen MR) is 67.9 cm³/mol. The molecule has 94 valence electrons. The summed E-state index contributed by atoms with van der Waals surface area (Å²) in [6.07, 6.45) is -0.185. The molecule has 2 amide bonds. The fourth-order valence-electron chi connectivity index (χ4n) is 1.33. The molecule has 0 saturated heterocycles. The first-order valence-electron chi connectivity index (χ1n) is 5.60. The second kappa shape index (κ2) is 6.40. The van der Waals surface area contributed by atoms with Gasteiger partial charge >= 0.3 is 0 Å². The molecule has 0 aliphatic rings. The zero-order valence-electron chi connectivity index (χ0n) is 10.4. The highest BCUT2D eigenvalue weighted by atomic mass is 16.2. The van der Waals surface area contributed by atoms with Gasteiger partial charge < -0.3 is 10.6 Å². The van der Waals surface area contributed by atoms with Crippen molar-refractivity contribution in [1.82, 2.24) is 5.32 Å². The molecule has 0 unspecified atom stereocenters. The molecule has 1 rings (SSSR count). The van der Waals surface area contributed by atoms with Gasteiger partial charge in [-0.2, -0.15) is 5.26 Å². The summed E-state index contributed by atoms with van der Waals surface area (Å²) in [6, 6.07) is 8.35. The molecule has 0 saturated carbocycles. The Balaban J connectivity index is 2.66. The first-order valence-corrected chi connectivity index (χ1v) is 5.60. The van der Waals surface area contributed by atoms with E-state index in [2.05, 4.69) is 10.6 Å². The summed E-state index contributed by atoms with van der Waals surface area (Å²) in [4.78, 5) is 22.8. The van der Waals surface area contributed by atoms with Crippen LogP contribution in [0.5, 0.6) is 0 Å². The van der Waals surface area contributed by atoms with Crippen molar-refractivity contribution < 1.29 is 9.59 Å². The smallest absolute Gasteiger partial charge is 0.251 e. The molecular formula is C13H15N3O2. The van der Waals surface area contributed by atoms with E-state index < -0.39 is 0 Å². The van der Waals surface area contributed by atoms with Crippen LogP contribution in [0, 0.1) is 11.3 Å². The lowest BCUT2D eigenvalue weighted by atomic mass is 10.2. The third-order valence-corrected chi connectivity index (χ3v) is 2.09. The topological polar surface area (TPSA) is 82.0 Å². The number of hydrogen-bond acceptors (Lipinski definition) is 3. The van der Waals surface area contributed by atoms with Gasteiger partial charge in [-0.3, -0.25) is 9.59 Å². The summed E-state index contributed by atoms with van der Waals surface area (Å²) < 4.78 is 0. The van der Waals surface area contributed by atoms with Crippen molar-refractivity contribution >= 4 is 17.5 Å². The Morgan fingerprint density at radius 1 is 1.28 bits per heavy atom. The molecule has 0 heterocycles. The SMILES string of the molecule is CC(C)NC(=O)c1ccc(NC(=O)CC#N)cc1. The molecule has 18 heavy (non-hydrogen) atoms. The lowest BCUT2D eigenvalue weighted by molar-refractivity contribution is -0.115. The van der Waals surface area contributed by atoms with E-state index in [4.69, 9.17) is 5.26 Å². The standard InChI is InChI=1S/C13H15N3O2/c1-9(2)15-13(18)10-3-5-11(6-4-10)16-12(17)7-8-14/h3-6,9H,7H2,1-2H3,(H,15,18)(H,16,17). The van der Waals surface area contributed by atoms with E-state index in [0.29, 0.717) is 11.3 Å². The molecule has 1 aromatic rings. The Labute approximate surface area is 106 Å². The zero-order valence-corrected chi connectivity index (χ0v) is 10.4. The number of carbonyl (C=O) groups excluding carboxylic acids is 2. The lowest BCUT2D eigenvalue weighted by Gasteiger charge is -2.09. The van der Waals surface area contributed by atoms with Gasteiger partial charge in [0.25, 0.3) is 5.91 Å². The van der Waals surface area contributed by atoms with Gasteiger partial charge in [0.05, 0.1) is 6.07 Å². The molecule has 0 fully saturated rings. The number of amides is 2. The highest BCUT2D eigenvalue weighted by molar-refractivity contribution is 5.96. The van der Waals surface area contributed by atoms with Crippen LogP contribution in [0.4, 0.5) is 5.69 Å². The Hall–Kier alpha value is -2.35. The van der Waals surface area contributed by atoms with Crippen LogP contribution in [-0.2, 0) is 4.79 Å². The summed E-state index contributed by atoms with van der Waals surface area (Å²) in [5.41, 5.74) is 1.10. The van der Waals surface area contributed by atoms with E-state index in [9.17, 15) is 9.59 Å². The van der Waals surface area contributed by atoms with Crippen molar-refractivity contribution in [3.63, 3.8) is 0 Å². The Kier molecular flexibility index (Phi) is 4.88. The average molecular weight is 245 g/mol. The van der Waals surface area contributed by atoms with E-state index >= 15 is 0 Å². The Bertz CT molecular complexity index is 472. The Morgan fingerprint density at radius 2 is 1.89 bits per heavy atom. The maximum atomic E-state index is 11.6. The van der Waals surface area contributed by atoms with E-state index in [1.807, 2.05) is 13.8 Å². The second-order valence-corrected chi connectivity index (χ2v) is 4.09. The van der Waals surface area contributed by atoms with E-state index in [1.165, 1.54) is 0 Å². The summed E-state index contributed by atoms with van der Waals surface area (Å²) in [5, 5.41) is 13.7. The first-order chi connectivity index (χ1) is 8.52. The minimum absolute atomic E-state index is 0.0764. The van der Waals surface area contributed by atoms with Crippen molar-refractivity contribution in [2.45, 2.75) is 26.3 Å². The molecular weight excluding hydrogens is 230 g/mol. The molecule has 0 aromatic heterocycles. The maximum absolute atomic E-state index is 11.6. The van der Waals surface area contributed by atoms with Crippen molar-refractivity contribution in [2.75, 3.05) is 5.32 Å². The van der Waals surface area contributed by atoms with Crippen LogP contribution in [0.3, 0.4) is 0 Å². The number of nitrogens with zero attached hydrogens (tertiary/aromatic N) is 1. The van der Waals surface area contributed by atoms with Gasteiger partial charge in [0.1, 0.15) is 6.42 Å². The molecule has 1 aromatic carbocycles. The summed E-state index contributed by atoms with van der Waals surface area (Å²) >= 11 is 0. The fraction of sp³-hybridized carbons (Fsp3) is 0.308. The quantitative estimate of drug-likeness (QED) is 0.846. The van der Waals surface area contributed by atoms with Crippen LogP contribution in [0.2, 0.25) is 0 Å². The predicted octanol–water partition coefficient (Wildman–Crippen LogP) is 1.68. The van der Waals surface area contributed by atoms with Gasteiger partial charge in [0.2, 0.25) is 5.91 Å². The second-order valence-electron chi connectivity index (χ2n) is 4.09. The number of rotatable bonds is 4. The van der Waals surface area contributed by atoms with Crippen molar-refractivity contribution in [3.05, 3.63) is 29.8 Å². The van der Waals surface area contributed by atoms with Crippen molar-refractivity contribution in [3.8, 4) is 6.07 Å². The molecule has 0 aliphatic heterocycles. The van der Waals surface area contributed by atoms with E-state index in [0.717, 1.165) is 0 Å². The van der Waals surface area contributed by atoms with Gasteiger partial charge in [-0.05, 0) is 38.1 Å². The molecule has 0 spiro atoms. The number of hydrogen-bond donors (Lipinski definition) is 2. The monoisotopic (exact) mass is 245 g/mol. The molecule has 0 bridgehead atoms. The van der Waals surface area contributed by atoms with Gasteiger partial charge in [0, 0.05) is 17.3 Å². The molecule has 0 radical (unpaired) electrons. The van der Waals surface area contributed by atoms with Crippen molar-refractivity contribution in [2.24, 2.45) is 0 Å². The highest BCUT2D eigenvalue weighted by Gasteiger charge is 2.07.